The number of hydrogen-bond acceptors (Lipinski definition) is 4. The molecule has 0 bridgehead atoms. The smallest absolute Gasteiger partial charge is 0.262 e. The third-order valence-electron chi connectivity index (χ3n) is 4.55. The Labute approximate surface area is 173 Å². The average Bonchev–Trinajstić information content (AvgIpc) is 2.86. The molecule has 1 aliphatic rings. The van der Waals surface area contributed by atoms with Gasteiger partial charge in [-0.3, -0.25) is 9.59 Å². The third kappa shape index (κ3) is 4.12. The van der Waals surface area contributed by atoms with E-state index < -0.39 is 0 Å². The van der Waals surface area contributed by atoms with Gasteiger partial charge in [-0.2, -0.15) is 0 Å². The van der Waals surface area contributed by atoms with Gasteiger partial charge >= 0.3 is 0 Å². The molecule has 1 heterocycles. The molecule has 0 aliphatic carbocycles. The van der Waals surface area contributed by atoms with Crippen molar-refractivity contribution < 1.29 is 14.3 Å². The van der Waals surface area contributed by atoms with E-state index in [9.17, 15) is 9.59 Å². The van der Waals surface area contributed by atoms with Gasteiger partial charge in [-0.25, -0.2) is 0 Å². The highest BCUT2D eigenvalue weighted by molar-refractivity contribution is 7.99. The fraction of sp³-hybridized carbons (Fsp3) is 0.130. The summed E-state index contributed by atoms with van der Waals surface area (Å²) in [6, 6.07) is 22.4. The number of anilines is 2. The minimum Gasteiger partial charge on any atom is -0.484 e. The number of benzene rings is 3. The number of hydrogen-bond donors (Lipinski definition) is 1. The van der Waals surface area contributed by atoms with Crippen LogP contribution in [0.4, 0.5) is 11.4 Å². The van der Waals surface area contributed by atoms with Crippen LogP contribution < -0.4 is 15.0 Å². The molecule has 0 aromatic heterocycles. The summed E-state index contributed by atoms with van der Waals surface area (Å²) in [5, 5.41) is 2.87. The predicted molar refractivity (Wildman–Crippen MR) is 115 cm³/mol. The Morgan fingerprint density at radius 3 is 2.55 bits per heavy atom. The third-order valence-corrected chi connectivity index (χ3v) is 5.67. The summed E-state index contributed by atoms with van der Waals surface area (Å²) in [6.07, 6.45) is 0. The number of carbonyl (C=O) groups is 2. The van der Waals surface area contributed by atoms with Gasteiger partial charge in [-0.1, -0.05) is 42.1 Å². The standard InChI is InChI=1S/C23H20N2O3S/c1-2-25-19-13-12-16(24-22(26)15-28-17-8-4-3-5-9-17)14-21(19)29-20-11-7-6-10-18(20)23(25)27/h3-14H,2,15H2,1H3,(H,24,26). The number of rotatable bonds is 5. The van der Waals surface area contributed by atoms with Crippen LogP contribution in [-0.2, 0) is 4.79 Å². The number of nitrogens with zero attached hydrogens (tertiary/aromatic N) is 1. The summed E-state index contributed by atoms with van der Waals surface area (Å²) in [5.41, 5.74) is 2.20. The molecule has 0 saturated heterocycles. The SMILES string of the molecule is CCN1C(=O)c2ccccc2Sc2cc(NC(=O)COc3ccccc3)ccc21. The quantitative estimate of drug-likeness (QED) is 0.661. The Hall–Kier alpha value is -3.25. The molecule has 0 radical (unpaired) electrons. The maximum absolute atomic E-state index is 12.9. The number of para-hydroxylation sites is 1. The van der Waals surface area contributed by atoms with Gasteiger partial charge in [0.25, 0.3) is 11.8 Å². The van der Waals surface area contributed by atoms with Crippen molar-refractivity contribution >= 4 is 35.0 Å². The Morgan fingerprint density at radius 2 is 1.76 bits per heavy atom. The van der Waals surface area contributed by atoms with Crippen LogP contribution in [0, 0.1) is 0 Å². The maximum Gasteiger partial charge on any atom is 0.262 e. The number of nitrogens with one attached hydrogen (secondary N) is 1. The first-order valence-corrected chi connectivity index (χ1v) is 10.2. The molecule has 3 aromatic carbocycles. The van der Waals surface area contributed by atoms with Crippen LogP contribution in [0.3, 0.4) is 0 Å². The zero-order valence-corrected chi connectivity index (χ0v) is 16.7. The normalized spacial score (nSPS) is 12.6. The molecule has 0 atom stereocenters. The fourth-order valence-electron chi connectivity index (χ4n) is 3.18. The molecule has 3 aromatic rings. The molecule has 0 saturated carbocycles. The topological polar surface area (TPSA) is 58.6 Å². The highest BCUT2D eigenvalue weighted by Crippen LogP contribution is 2.42. The summed E-state index contributed by atoms with van der Waals surface area (Å²) >= 11 is 1.53. The second kappa shape index (κ2) is 8.41. The van der Waals surface area contributed by atoms with Crippen molar-refractivity contribution in [3.05, 3.63) is 78.4 Å². The van der Waals surface area contributed by atoms with Crippen molar-refractivity contribution in [2.75, 3.05) is 23.4 Å². The molecule has 6 heteroatoms. The summed E-state index contributed by atoms with van der Waals surface area (Å²) in [6.45, 7) is 2.45. The summed E-state index contributed by atoms with van der Waals surface area (Å²) in [7, 11) is 0. The first kappa shape index (κ1) is 19.1. The molecule has 2 amide bonds. The lowest BCUT2D eigenvalue weighted by Crippen LogP contribution is -2.30. The molecule has 0 unspecified atom stereocenters. The molecular weight excluding hydrogens is 384 g/mol. The largest absolute Gasteiger partial charge is 0.484 e. The molecule has 1 N–H and O–H groups in total. The number of carbonyl (C=O) groups excluding carboxylic acids is 2. The lowest BCUT2D eigenvalue weighted by Gasteiger charge is -2.21. The molecule has 4 rings (SSSR count). The second-order valence-electron chi connectivity index (χ2n) is 6.48. The van der Waals surface area contributed by atoms with Gasteiger partial charge in [-0.15, -0.1) is 0 Å². The molecule has 1 aliphatic heterocycles. The van der Waals surface area contributed by atoms with Gasteiger partial charge in [0.2, 0.25) is 0 Å². The van der Waals surface area contributed by atoms with Crippen LogP contribution in [0.5, 0.6) is 5.75 Å². The molecule has 0 spiro atoms. The predicted octanol–water partition coefficient (Wildman–Crippen LogP) is 4.84. The molecular formula is C23H20N2O3S. The highest BCUT2D eigenvalue weighted by atomic mass is 32.2. The van der Waals surface area contributed by atoms with Crippen LogP contribution in [0.15, 0.2) is 82.6 Å². The van der Waals surface area contributed by atoms with Crippen molar-refractivity contribution in [1.29, 1.82) is 0 Å². The zero-order valence-electron chi connectivity index (χ0n) is 15.9. The van der Waals surface area contributed by atoms with E-state index in [2.05, 4.69) is 5.32 Å². The maximum atomic E-state index is 12.9. The van der Waals surface area contributed by atoms with Gasteiger partial charge < -0.3 is 15.0 Å². The Morgan fingerprint density at radius 1 is 1.00 bits per heavy atom. The van der Waals surface area contributed by atoms with Crippen molar-refractivity contribution in [2.24, 2.45) is 0 Å². The second-order valence-corrected chi connectivity index (χ2v) is 7.56. The van der Waals surface area contributed by atoms with Gasteiger partial charge in [0.15, 0.2) is 6.61 Å². The zero-order chi connectivity index (χ0) is 20.2. The van der Waals surface area contributed by atoms with Gasteiger partial charge in [-0.05, 0) is 49.4 Å². The molecule has 0 fully saturated rings. The number of fused-ring (bicyclic) bond motifs is 2. The highest BCUT2D eigenvalue weighted by Gasteiger charge is 2.26. The van der Waals surface area contributed by atoms with Crippen molar-refractivity contribution in [1.82, 2.24) is 0 Å². The van der Waals surface area contributed by atoms with Gasteiger partial charge in [0, 0.05) is 22.0 Å². The van der Waals surface area contributed by atoms with Crippen molar-refractivity contribution in [3.63, 3.8) is 0 Å². The lowest BCUT2D eigenvalue weighted by molar-refractivity contribution is -0.118. The van der Waals surface area contributed by atoms with E-state index in [0.29, 0.717) is 23.5 Å². The fourth-order valence-corrected chi connectivity index (χ4v) is 4.30. The summed E-state index contributed by atoms with van der Waals surface area (Å²) < 4.78 is 5.50. The minimum atomic E-state index is -0.240. The van der Waals surface area contributed by atoms with Gasteiger partial charge in [0.1, 0.15) is 5.75 Å². The van der Waals surface area contributed by atoms with Crippen LogP contribution >= 0.6 is 11.8 Å². The van der Waals surface area contributed by atoms with E-state index in [1.165, 1.54) is 11.8 Å². The van der Waals surface area contributed by atoms with E-state index >= 15 is 0 Å². The van der Waals surface area contributed by atoms with E-state index in [1.54, 1.807) is 17.0 Å². The van der Waals surface area contributed by atoms with Crippen LogP contribution in [-0.4, -0.2) is 25.0 Å². The molecule has 5 nitrogen and oxygen atoms in total. The minimum absolute atomic E-state index is 0.0117. The van der Waals surface area contributed by atoms with Crippen LogP contribution in [0.25, 0.3) is 0 Å². The molecule has 146 valence electrons. The Kier molecular flexibility index (Phi) is 5.53. The first-order valence-electron chi connectivity index (χ1n) is 9.36. The Balaban J connectivity index is 1.54. The van der Waals surface area contributed by atoms with Crippen LogP contribution in [0.1, 0.15) is 17.3 Å². The van der Waals surface area contributed by atoms with E-state index in [-0.39, 0.29) is 18.4 Å². The monoisotopic (exact) mass is 404 g/mol. The summed E-state index contributed by atoms with van der Waals surface area (Å²) in [4.78, 5) is 28.8. The van der Waals surface area contributed by atoms with E-state index in [1.807, 2.05) is 67.6 Å². The average molecular weight is 404 g/mol. The van der Waals surface area contributed by atoms with Crippen molar-refractivity contribution in [2.45, 2.75) is 16.7 Å². The van der Waals surface area contributed by atoms with Crippen molar-refractivity contribution in [3.8, 4) is 5.75 Å². The van der Waals surface area contributed by atoms with E-state index in [4.69, 9.17) is 4.74 Å². The van der Waals surface area contributed by atoms with E-state index in [0.717, 1.165) is 15.5 Å². The number of amides is 2. The lowest BCUT2D eigenvalue weighted by atomic mass is 10.1. The summed E-state index contributed by atoms with van der Waals surface area (Å²) in [5.74, 6) is 0.396. The van der Waals surface area contributed by atoms with Crippen LogP contribution in [0.2, 0.25) is 0 Å². The Bertz CT molecular complexity index is 1050. The van der Waals surface area contributed by atoms with Gasteiger partial charge in [0.05, 0.1) is 11.3 Å². The molecule has 29 heavy (non-hydrogen) atoms. The number of ether oxygens (including phenoxy) is 1. The first-order chi connectivity index (χ1) is 14.2.